The first kappa shape index (κ1) is 14.9. The van der Waals surface area contributed by atoms with E-state index in [0.29, 0.717) is 5.02 Å². The van der Waals surface area contributed by atoms with Crippen molar-refractivity contribution in [1.29, 1.82) is 0 Å². The molecule has 1 aliphatic rings. The summed E-state index contributed by atoms with van der Waals surface area (Å²) in [5.41, 5.74) is 0.0385. The molecular formula is C15H18ClNO3. The molecule has 0 aliphatic heterocycles. The van der Waals surface area contributed by atoms with Crippen LogP contribution in [0.15, 0.2) is 24.3 Å². The Labute approximate surface area is 123 Å². The lowest BCUT2D eigenvalue weighted by molar-refractivity contribution is -0.146. The highest BCUT2D eigenvalue weighted by Crippen LogP contribution is 2.49. The molecule has 1 fully saturated rings. The van der Waals surface area contributed by atoms with E-state index < -0.39 is 11.4 Å². The summed E-state index contributed by atoms with van der Waals surface area (Å²) >= 11 is 6.11. The Morgan fingerprint density at radius 2 is 2.05 bits per heavy atom. The Kier molecular flexibility index (Phi) is 4.04. The zero-order valence-electron chi connectivity index (χ0n) is 11.5. The lowest BCUT2D eigenvalue weighted by Crippen LogP contribution is -2.39. The van der Waals surface area contributed by atoms with Crippen LogP contribution in [0.5, 0.6) is 0 Å². The number of halogens is 1. The summed E-state index contributed by atoms with van der Waals surface area (Å²) in [6.45, 7) is 3.31. The van der Waals surface area contributed by atoms with Gasteiger partial charge in [-0.15, -0.1) is 0 Å². The van der Waals surface area contributed by atoms with Crippen LogP contribution in [0.2, 0.25) is 5.02 Å². The quantitative estimate of drug-likeness (QED) is 0.877. The molecule has 0 aromatic heterocycles. The zero-order valence-corrected chi connectivity index (χ0v) is 12.3. The highest BCUT2D eigenvalue weighted by molar-refractivity contribution is 6.31. The molecule has 5 heteroatoms. The number of carbonyl (C=O) groups excluding carboxylic acids is 1. The number of hydrogen-bond donors (Lipinski definition) is 2. The Morgan fingerprint density at radius 3 is 2.65 bits per heavy atom. The van der Waals surface area contributed by atoms with E-state index in [0.717, 1.165) is 12.0 Å². The van der Waals surface area contributed by atoms with Crippen molar-refractivity contribution in [3.8, 4) is 0 Å². The number of rotatable bonds is 5. The van der Waals surface area contributed by atoms with Crippen LogP contribution in [0.25, 0.3) is 0 Å². The number of carboxylic acid groups (broad SMARTS) is 1. The van der Waals surface area contributed by atoms with Crippen molar-refractivity contribution in [2.45, 2.75) is 26.2 Å². The fourth-order valence-corrected chi connectivity index (χ4v) is 2.39. The van der Waals surface area contributed by atoms with Gasteiger partial charge in [0.1, 0.15) is 0 Å². The Morgan fingerprint density at radius 1 is 1.40 bits per heavy atom. The van der Waals surface area contributed by atoms with Crippen LogP contribution in [0.1, 0.15) is 31.7 Å². The molecule has 108 valence electrons. The normalized spacial score (nSPS) is 21.4. The molecule has 0 saturated heterocycles. The topological polar surface area (TPSA) is 66.4 Å². The Bertz CT molecular complexity index is 542. The lowest BCUT2D eigenvalue weighted by Gasteiger charge is -2.19. The molecule has 1 saturated carbocycles. The molecule has 0 unspecified atom stereocenters. The van der Waals surface area contributed by atoms with Crippen LogP contribution in [-0.4, -0.2) is 23.5 Å². The van der Waals surface area contributed by atoms with Crippen LogP contribution >= 0.6 is 11.6 Å². The minimum Gasteiger partial charge on any atom is -0.481 e. The molecule has 20 heavy (non-hydrogen) atoms. The smallest absolute Gasteiger partial charge is 0.310 e. The van der Waals surface area contributed by atoms with Crippen molar-refractivity contribution in [1.82, 2.24) is 5.32 Å². The SMILES string of the molecule is CC(C)(CNC(=O)[C@H]1C[C@H]1c1ccccc1Cl)C(=O)O. The van der Waals surface area contributed by atoms with Gasteiger partial charge in [-0.2, -0.15) is 0 Å². The molecule has 1 aromatic carbocycles. The predicted molar refractivity (Wildman–Crippen MR) is 76.7 cm³/mol. The monoisotopic (exact) mass is 295 g/mol. The average Bonchev–Trinajstić information content (AvgIpc) is 3.16. The van der Waals surface area contributed by atoms with E-state index in [4.69, 9.17) is 16.7 Å². The molecule has 0 bridgehead atoms. The van der Waals surface area contributed by atoms with Gasteiger partial charge in [0, 0.05) is 17.5 Å². The molecule has 1 aromatic rings. The lowest BCUT2D eigenvalue weighted by atomic mass is 9.94. The van der Waals surface area contributed by atoms with Gasteiger partial charge in [0.25, 0.3) is 0 Å². The summed E-state index contributed by atoms with van der Waals surface area (Å²) < 4.78 is 0. The van der Waals surface area contributed by atoms with Gasteiger partial charge < -0.3 is 10.4 Å². The van der Waals surface area contributed by atoms with Crippen molar-refractivity contribution in [3.63, 3.8) is 0 Å². The number of benzene rings is 1. The van der Waals surface area contributed by atoms with Gasteiger partial charge in [-0.3, -0.25) is 9.59 Å². The van der Waals surface area contributed by atoms with Gasteiger partial charge in [-0.25, -0.2) is 0 Å². The first-order valence-electron chi connectivity index (χ1n) is 6.58. The maximum absolute atomic E-state index is 12.0. The molecule has 1 amide bonds. The number of carbonyl (C=O) groups is 2. The minimum atomic E-state index is -0.954. The van der Waals surface area contributed by atoms with Crippen LogP contribution in [0, 0.1) is 11.3 Å². The number of aliphatic carboxylic acids is 1. The maximum Gasteiger partial charge on any atom is 0.310 e. The van der Waals surface area contributed by atoms with E-state index in [1.807, 2.05) is 24.3 Å². The van der Waals surface area contributed by atoms with Crippen molar-refractivity contribution in [2.24, 2.45) is 11.3 Å². The van der Waals surface area contributed by atoms with Crippen molar-refractivity contribution < 1.29 is 14.7 Å². The minimum absolute atomic E-state index is 0.0933. The molecule has 2 rings (SSSR count). The molecule has 0 heterocycles. The third-order valence-electron chi connectivity index (χ3n) is 3.72. The highest BCUT2D eigenvalue weighted by Gasteiger charge is 2.45. The predicted octanol–water partition coefficient (Wildman–Crippen LogP) is 2.67. The number of nitrogens with one attached hydrogen (secondary N) is 1. The molecule has 2 N–H and O–H groups in total. The van der Waals surface area contributed by atoms with Gasteiger partial charge in [-0.1, -0.05) is 29.8 Å². The number of hydrogen-bond acceptors (Lipinski definition) is 2. The third-order valence-corrected chi connectivity index (χ3v) is 4.06. The molecule has 0 spiro atoms. The van der Waals surface area contributed by atoms with E-state index in [-0.39, 0.29) is 24.3 Å². The molecule has 1 aliphatic carbocycles. The Hall–Kier alpha value is -1.55. The van der Waals surface area contributed by atoms with E-state index >= 15 is 0 Å². The van der Waals surface area contributed by atoms with Gasteiger partial charge >= 0.3 is 5.97 Å². The van der Waals surface area contributed by atoms with E-state index in [1.165, 1.54) is 0 Å². The maximum atomic E-state index is 12.0. The number of amides is 1. The van der Waals surface area contributed by atoms with Crippen molar-refractivity contribution in [2.75, 3.05) is 6.54 Å². The summed E-state index contributed by atoms with van der Waals surface area (Å²) in [7, 11) is 0. The van der Waals surface area contributed by atoms with E-state index in [2.05, 4.69) is 5.32 Å². The summed E-state index contributed by atoms with van der Waals surface area (Å²) in [6, 6.07) is 7.51. The molecule has 2 atom stereocenters. The average molecular weight is 296 g/mol. The summed E-state index contributed by atoms with van der Waals surface area (Å²) in [5, 5.41) is 12.4. The Balaban J connectivity index is 1.91. The number of carboxylic acids is 1. The van der Waals surface area contributed by atoms with Gasteiger partial charge in [-0.05, 0) is 37.8 Å². The zero-order chi connectivity index (χ0) is 14.9. The fourth-order valence-electron chi connectivity index (χ4n) is 2.12. The highest BCUT2D eigenvalue weighted by atomic mass is 35.5. The summed E-state index contributed by atoms with van der Waals surface area (Å²) in [4.78, 5) is 23.0. The largest absolute Gasteiger partial charge is 0.481 e. The van der Waals surface area contributed by atoms with Crippen LogP contribution in [0.4, 0.5) is 0 Å². The first-order chi connectivity index (χ1) is 9.33. The van der Waals surface area contributed by atoms with Crippen molar-refractivity contribution in [3.05, 3.63) is 34.9 Å². The first-order valence-corrected chi connectivity index (χ1v) is 6.96. The van der Waals surface area contributed by atoms with Gasteiger partial charge in [0.2, 0.25) is 5.91 Å². The van der Waals surface area contributed by atoms with Crippen LogP contribution < -0.4 is 5.32 Å². The van der Waals surface area contributed by atoms with Gasteiger partial charge in [0.15, 0.2) is 0 Å². The summed E-state index contributed by atoms with van der Waals surface area (Å²) in [6.07, 6.45) is 0.767. The fraction of sp³-hybridized carbons (Fsp3) is 0.467. The second kappa shape index (κ2) is 5.44. The standard InChI is InChI=1S/C15H18ClNO3/c1-15(2,14(19)20)8-17-13(18)11-7-10(11)9-5-3-4-6-12(9)16/h3-6,10-11H,7-8H2,1-2H3,(H,17,18)(H,19,20)/t10-,11-/m0/s1. The van der Waals surface area contributed by atoms with Crippen molar-refractivity contribution >= 4 is 23.5 Å². The molecule has 4 nitrogen and oxygen atoms in total. The van der Waals surface area contributed by atoms with E-state index in [1.54, 1.807) is 13.8 Å². The molecule has 0 radical (unpaired) electrons. The van der Waals surface area contributed by atoms with E-state index in [9.17, 15) is 9.59 Å². The second-order valence-corrected chi connectivity index (χ2v) is 6.28. The second-order valence-electron chi connectivity index (χ2n) is 5.88. The molecular weight excluding hydrogens is 278 g/mol. The van der Waals surface area contributed by atoms with Crippen LogP contribution in [-0.2, 0) is 9.59 Å². The van der Waals surface area contributed by atoms with Gasteiger partial charge in [0.05, 0.1) is 5.41 Å². The summed E-state index contributed by atoms with van der Waals surface area (Å²) in [5.74, 6) is -0.961. The van der Waals surface area contributed by atoms with Crippen LogP contribution in [0.3, 0.4) is 0 Å². The third kappa shape index (κ3) is 3.12.